The molecule has 1 amide bonds. The Hall–Kier alpha value is -3.28. The van der Waals surface area contributed by atoms with Gasteiger partial charge in [0.1, 0.15) is 11.6 Å². The summed E-state index contributed by atoms with van der Waals surface area (Å²) in [6.07, 6.45) is -4.92. The van der Waals surface area contributed by atoms with Crippen molar-refractivity contribution in [2.45, 2.75) is 45.1 Å². The van der Waals surface area contributed by atoms with Crippen LogP contribution in [0.4, 0.5) is 17.6 Å². The van der Waals surface area contributed by atoms with Gasteiger partial charge in [-0.25, -0.2) is 14.2 Å². The second-order valence-electron chi connectivity index (χ2n) is 7.67. The Bertz CT molecular complexity index is 1090. The number of fused-ring (bicyclic) bond motifs is 1. The fraction of sp³-hybridized carbons (Fsp3) is 0.400. The third kappa shape index (κ3) is 4.96. The van der Waals surface area contributed by atoms with Gasteiger partial charge in [-0.05, 0) is 44.5 Å². The standard InChI is InChI=1S/C20H20F4N4O4/c1-19(2)17-27-13(15(29)25-10-11-4-6-12(21)7-5-11)14(32-18(31)20(22,23)24)16(30)28(17)9-3-8-26-19/h4-7,26H,3,8-10H2,1-2H3,(H,25,29). The summed E-state index contributed by atoms with van der Waals surface area (Å²) in [4.78, 5) is 41.3. The van der Waals surface area contributed by atoms with E-state index in [-0.39, 0.29) is 18.9 Å². The summed E-state index contributed by atoms with van der Waals surface area (Å²) in [6.45, 7) is 3.84. The minimum absolute atomic E-state index is 0.103. The molecule has 0 radical (unpaired) electrons. The first-order valence-electron chi connectivity index (χ1n) is 9.62. The Kier molecular flexibility index (Phi) is 6.35. The number of carbonyl (C=O) groups is 2. The first-order valence-corrected chi connectivity index (χ1v) is 9.62. The number of nitrogens with zero attached hydrogens (tertiary/aromatic N) is 2. The molecule has 0 aliphatic carbocycles. The molecule has 2 heterocycles. The van der Waals surface area contributed by atoms with E-state index in [0.29, 0.717) is 18.5 Å². The summed E-state index contributed by atoms with van der Waals surface area (Å²) in [5.41, 5.74) is -2.23. The van der Waals surface area contributed by atoms with Crippen molar-refractivity contribution in [1.29, 1.82) is 0 Å². The number of amides is 1. The predicted molar refractivity (Wildman–Crippen MR) is 103 cm³/mol. The van der Waals surface area contributed by atoms with Crippen LogP contribution in [0.25, 0.3) is 0 Å². The van der Waals surface area contributed by atoms with E-state index in [0.717, 1.165) is 4.57 Å². The van der Waals surface area contributed by atoms with Gasteiger partial charge in [0.2, 0.25) is 5.75 Å². The normalized spacial score (nSPS) is 15.4. The van der Waals surface area contributed by atoms with Crippen molar-refractivity contribution < 1.29 is 31.9 Å². The molecule has 2 N–H and O–H groups in total. The fourth-order valence-electron chi connectivity index (χ4n) is 3.20. The molecule has 2 aromatic rings. The Morgan fingerprint density at radius 3 is 2.53 bits per heavy atom. The molecular weight excluding hydrogens is 436 g/mol. The Labute approximate surface area is 179 Å². The zero-order valence-electron chi connectivity index (χ0n) is 17.2. The molecule has 3 rings (SSSR count). The lowest BCUT2D eigenvalue weighted by atomic mass is 10.0. The summed E-state index contributed by atoms with van der Waals surface area (Å²) < 4.78 is 56.8. The molecule has 1 aliphatic heterocycles. The molecule has 0 saturated carbocycles. The number of benzene rings is 1. The monoisotopic (exact) mass is 456 g/mol. The molecule has 0 fully saturated rings. The maximum Gasteiger partial charge on any atom is 0.491 e. The second-order valence-corrected chi connectivity index (χ2v) is 7.67. The minimum Gasteiger partial charge on any atom is -0.411 e. The molecule has 0 spiro atoms. The van der Waals surface area contributed by atoms with E-state index >= 15 is 0 Å². The van der Waals surface area contributed by atoms with Crippen LogP contribution in [0.3, 0.4) is 0 Å². The van der Waals surface area contributed by atoms with E-state index in [2.05, 4.69) is 20.4 Å². The number of hydrogen-bond acceptors (Lipinski definition) is 6. The first kappa shape index (κ1) is 23.4. The summed E-state index contributed by atoms with van der Waals surface area (Å²) in [5, 5.41) is 5.54. The molecule has 12 heteroatoms. The molecular formula is C20H20F4N4O4. The number of ether oxygens (including phenoxy) is 1. The summed E-state index contributed by atoms with van der Waals surface area (Å²) in [7, 11) is 0. The van der Waals surface area contributed by atoms with Crippen molar-refractivity contribution >= 4 is 11.9 Å². The minimum atomic E-state index is -5.38. The quantitative estimate of drug-likeness (QED) is 0.539. The van der Waals surface area contributed by atoms with Crippen molar-refractivity contribution in [2.75, 3.05) is 6.54 Å². The Morgan fingerprint density at radius 2 is 1.91 bits per heavy atom. The lowest BCUT2D eigenvalue weighted by molar-refractivity contribution is -0.189. The zero-order valence-corrected chi connectivity index (χ0v) is 17.2. The van der Waals surface area contributed by atoms with Gasteiger partial charge >= 0.3 is 12.1 Å². The molecule has 0 unspecified atom stereocenters. The largest absolute Gasteiger partial charge is 0.491 e. The highest BCUT2D eigenvalue weighted by molar-refractivity contribution is 5.95. The van der Waals surface area contributed by atoms with Gasteiger partial charge in [-0.15, -0.1) is 0 Å². The molecule has 32 heavy (non-hydrogen) atoms. The molecule has 8 nitrogen and oxygen atoms in total. The van der Waals surface area contributed by atoms with Crippen LogP contribution in [-0.2, 0) is 23.4 Å². The molecule has 1 aromatic heterocycles. The maximum absolute atomic E-state index is 13.1. The average Bonchev–Trinajstić information content (AvgIpc) is 2.86. The summed E-state index contributed by atoms with van der Waals surface area (Å²) in [6, 6.07) is 5.12. The molecule has 1 aliphatic rings. The Balaban J connectivity index is 2.05. The van der Waals surface area contributed by atoms with Gasteiger partial charge in [-0.1, -0.05) is 12.1 Å². The van der Waals surface area contributed by atoms with E-state index in [1.165, 1.54) is 24.3 Å². The van der Waals surface area contributed by atoms with Crippen LogP contribution in [0.2, 0.25) is 0 Å². The van der Waals surface area contributed by atoms with Crippen molar-refractivity contribution in [1.82, 2.24) is 20.2 Å². The number of aromatic nitrogens is 2. The number of carbonyl (C=O) groups excluding carboxylic acids is 2. The molecule has 0 bridgehead atoms. The van der Waals surface area contributed by atoms with Crippen LogP contribution in [0, 0.1) is 5.82 Å². The van der Waals surface area contributed by atoms with Crippen molar-refractivity contribution in [2.24, 2.45) is 0 Å². The fourth-order valence-corrected chi connectivity index (χ4v) is 3.20. The SMILES string of the molecule is CC1(C)NCCCn2c1nc(C(=O)NCc1ccc(F)cc1)c(OC(=O)C(F)(F)F)c2=O. The van der Waals surface area contributed by atoms with E-state index in [1.807, 2.05) is 0 Å². The summed E-state index contributed by atoms with van der Waals surface area (Å²) >= 11 is 0. The average molecular weight is 456 g/mol. The van der Waals surface area contributed by atoms with Gasteiger partial charge in [0.15, 0.2) is 5.69 Å². The third-order valence-electron chi connectivity index (χ3n) is 4.82. The summed E-state index contributed by atoms with van der Waals surface area (Å²) in [5.74, 6) is -5.16. The molecule has 0 saturated heterocycles. The first-order chi connectivity index (χ1) is 14.9. The van der Waals surface area contributed by atoms with E-state index in [4.69, 9.17) is 0 Å². The van der Waals surface area contributed by atoms with Crippen LogP contribution in [0.15, 0.2) is 29.1 Å². The van der Waals surface area contributed by atoms with E-state index < -0.39 is 46.4 Å². The molecule has 172 valence electrons. The number of halogens is 4. The van der Waals surface area contributed by atoms with Crippen LogP contribution >= 0.6 is 0 Å². The van der Waals surface area contributed by atoms with Gasteiger partial charge in [0.25, 0.3) is 11.5 Å². The van der Waals surface area contributed by atoms with Crippen LogP contribution in [-0.4, -0.2) is 34.1 Å². The van der Waals surface area contributed by atoms with Gasteiger partial charge in [0, 0.05) is 13.1 Å². The Morgan fingerprint density at radius 1 is 1.25 bits per heavy atom. The lowest BCUT2D eigenvalue weighted by Gasteiger charge is -2.26. The highest BCUT2D eigenvalue weighted by atomic mass is 19.4. The van der Waals surface area contributed by atoms with E-state index in [9.17, 15) is 31.9 Å². The number of alkyl halides is 3. The van der Waals surface area contributed by atoms with Crippen molar-refractivity contribution in [3.63, 3.8) is 0 Å². The van der Waals surface area contributed by atoms with Crippen molar-refractivity contribution in [3.8, 4) is 5.75 Å². The van der Waals surface area contributed by atoms with Gasteiger partial charge in [-0.2, -0.15) is 13.2 Å². The smallest absolute Gasteiger partial charge is 0.411 e. The number of esters is 1. The van der Waals surface area contributed by atoms with E-state index in [1.54, 1.807) is 13.8 Å². The second kappa shape index (κ2) is 8.69. The zero-order chi connectivity index (χ0) is 23.7. The van der Waals surface area contributed by atoms with Gasteiger partial charge < -0.3 is 15.4 Å². The number of rotatable bonds is 4. The predicted octanol–water partition coefficient (Wildman–Crippen LogP) is 2.01. The van der Waals surface area contributed by atoms with Gasteiger partial charge in [-0.3, -0.25) is 14.2 Å². The highest BCUT2D eigenvalue weighted by Crippen LogP contribution is 2.25. The lowest BCUT2D eigenvalue weighted by Crippen LogP contribution is -2.42. The van der Waals surface area contributed by atoms with Gasteiger partial charge in [0.05, 0.1) is 5.54 Å². The molecule has 1 aromatic carbocycles. The van der Waals surface area contributed by atoms with Crippen LogP contribution in [0.1, 0.15) is 42.1 Å². The van der Waals surface area contributed by atoms with Crippen LogP contribution < -0.4 is 20.9 Å². The number of hydrogen-bond donors (Lipinski definition) is 2. The topological polar surface area (TPSA) is 102 Å². The number of nitrogens with one attached hydrogen (secondary N) is 2. The highest BCUT2D eigenvalue weighted by Gasteiger charge is 2.43. The maximum atomic E-state index is 13.1. The third-order valence-corrected chi connectivity index (χ3v) is 4.82. The van der Waals surface area contributed by atoms with Crippen molar-refractivity contribution in [3.05, 3.63) is 57.5 Å². The molecule has 0 atom stereocenters. The van der Waals surface area contributed by atoms with Crippen LogP contribution in [0.5, 0.6) is 5.75 Å².